The fourth-order valence-electron chi connectivity index (χ4n) is 2.68. The third-order valence-corrected chi connectivity index (χ3v) is 4.92. The lowest BCUT2D eigenvalue weighted by atomic mass is 10.0. The molecule has 0 heterocycles. The predicted molar refractivity (Wildman–Crippen MR) is 119 cm³/mol. The van der Waals surface area contributed by atoms with Crippen molar-refractivity contribution in [2.45, 2.75) is 6.61 Å². The normalized spacial score (nSPS) is 11.1. The van der Waals surface area contributed by atoms with Gasteiger partial charge < -0.3 is 9.47 Å². The van der Waals surface area contributed by atoms with Crippen molar-refractivity contribution in [2.75, 3.05) is 7.11 Å². The van der Waals surface area contributed by atoms with Gasteiger partial charge in [-0.2, -0.15) is 5.26 Å². The van der Waals surface area contributed by atoms with Gasteiger partial charge in [-0.3, -0.25) is 0 Å². The fraction of sp³-hybridized carbons (Fsp3) is 0.0870. The topological polar surface area (TPSA) is 42.2 Å². The quantitative estimate of drug-likeness (QED) is 0.296. The van der Waals surface area contributed by atoms with Crippen molar-refractivity contribution in [2.24, 2.45) is 0 Å². The number of nitriles is 1. The van der Waals surface area contributed by atoms with Crippen LogP contribution in [0.25, 0.3) is 11.6 Å². The Bertz CT molecular complexity index is 1070. The molecule has 0 radical (unpaired) electrons. The van der Waals surface area contributed by atoms with Gasteiger partial charge in [0, 0.05) is 10.0 Å². The molecule has 0 aromatic heterocycles. The van der Waals surface area contributed by atoms with Crippen molar-refractivity contribution < 1.29 is 9.47 Å². The summed E-state index contributed by atoms with van der Waals surface area (Å²) in [5.41, 5.74) is 2.91. The highest BCUT2D eigenvalue weighted by atomic mass is 35.5. The van der Waals surface area contributed by atoms with E-state index in [0.717, 1.165) is 16.7 Å². The van der Waals surface area contributed by atoms with Crippen LogP contribution in [0.15, 0.2) is 60.7 Å². The number of benzene rings is 3. The molecule has 3 aromatic rings. The summed E-state index contributed by atoms with van der Waals surface area (Å²) in [6.07, 6.45) is 1.74. The summed E-state index contributed by atoms with van der Waals surface area (Å²) >= 11 is 18.3. The van der Waals surface area contributed by atoms with Gasteiger partial charge in [-0.05, 0) is 59.2 Å². The monoisotopic (exact) mass is 443 g/mol. The minimum absolute atomic E-state index is 0.316. The van der Waals surface area contributed by atoms with Crippen LogP contribution in [0.4, 0.5) is 0 Å². The molecule has 3 rings (SSSR count). The Morgan fingerprint density at radius 2 is 1.59 bits per heavy atom. The number of hydrogen-bond donors (Lipinski definition) is 0. The Balaban J connectivity index is 1.88. The van der Waals surface area contributed by atoms with Crippen molar-refractivity contribution in [1.29, 1.82) is 5.26 Å². The molecule has 0 atom stereocenters. The van der Waals surface area contributed by atoms with Gasteiger partial charge in [0.2, 0.25) is 0 Å². The molecule has 0 aliphatic rings. The average Bonchev–Trinajstić information content (AvgIpc) is 2.72. The third kappa shape index (κ3) is 5.46. The van der Waals surface area contributed by atoms with Gasteiger partial charge in [0.25, 0.3) is 0 Å². The van der Waals surface area contributed by atoms with E-state index in [1.165, 1.54) is 0 Å². The van der Waals surface area contributed by atoms with Crippen molar-refractivity contribution in [3.8, 4) is 17.6 Å². The standard InChI is InChI=1S/C23H16Cl3NO2/c1-28-22-12-16(10-18(13-27)17-4-8-20(25)9-5-17)11-21(26)23(22)29-14-15-2-6-19(24)7-3-15/h2-12H,14H2,1H3/b18-10-. The number of ether oxygens (including phenoxy) is 2. The molecule has 0 saturated carbocycles. The van der Waals surface area contributed by atoms with Gasteiger partial charge in [0.05, 0.1) is 23.8 Å². The SMILES string of the molecule is COc1cc(/C=C(/C#N)c2ccc(Cl)cc2)cc(Cl)c1OCc1ccc(Cl)cc1. The van der Waals surface area contributed by atoms with Crippen LogP contribution in [0.3, 0.4) is 0 Å². The Labute approximate surface area is 184 Å². The lowest BCUT2D eigenvalue weighted by Gasteiger charge is -2.14. The highest BCUT2D eigenvalue weighted by Gasteiger charge is 2.13. The van der Waals surface area contributed by atoms with Gasteiger partial charge >= 0.3 is 0 Å². The third-order valence-electron chi connectivity index (χ3n) is 4.13. The fourth-order valence-corrected chi connectivity index (χ4v) is 3.20. The maximum atomic E-state index is 9.54. The maximum Gasteiger partial charge on any atom is 0.180 e. The van der Waals surface area contributed by atoms with E-state index in [2.05, 4.69) is 6.07 Å². The molecule has 0 spiro atoms. The molecular weight excluding hydrogens is 429 g/mol. The molecule has 0 aliphatic carbocycles. The lowest BCUT2D eigenvalue weighted by molar-refractivity contribution is 0.284. The number of halogens is 3. The first-order chi connectivity index (χ1) is 14.0. The van der Waals surface area contributed by atoms with Crippen LogP contribution in [0, 0.1) is 11.3 Å². The molecule has 6 heteroatoms. The van der Waals surface area contributed by atoms with Crippen LogP contribution in [0.2, 0.25) is 15.1 Å². The van der Waals surface area contributed by atoms with Gasteiger partial charge in [-0.1, -0.05) is 59.1 Å². The van der Waals surface area contributed by atoms with Gasteiger partial charge in [0.1, 0.15) is 6.61 Å². The summed E-state index contributed by atoms with van der Waals surface area (Å²) in [5.74, 6) is 0.914. The van der Waals surface area contributed by atoms with E-state index in [0.29, 0.717) is 38.7 Å². The molecule has 0 unspecified atom stereocenters. The molecule has 0 aliphatic heterocycles. The summed E-state index contributed by atoms with van der Waals surface area (Å²) in [4.78, 5) is 0. The molecule has 0 bridgehead atoms. The molecule has 146 valence electrons. The first kappa shape index (κ1) is 21.1. The highest BCUT2D eigenvalue weighted by molar-refractivity contribution is 6.32. The van der Waals surface area contributed by atoms with E-state index in [4.69, 9.17) is 44.3 Å². The predicted octanol–water partition coefficient (Wildman–Crippen LogP) is 7.30. The summed E-state index contributed by atoms with van der Waals surface area (Å²) in [6, 6.07) is 20.1. The van der Waals surface area contributed by atoms with Crippen LogP contribution < -0.4 is 9.47 Å². The van der Waals surface area contributed by atoms with Crippen LogP contribution in [-0.2, 0) is 6.61 Å². The second-order valence-electron chi connectivity index (χ2n) is 6.13. The largest absolute Gasteiger partial charge is 0.493 e. The average molecular weight is 445 g/mol. The summed E-state index contributed by atoms with van der Waals surface area (Å²) in [5, 5.41) is 11.2. The molecule has 0 fully saturated rings. The van der Waals surface area contributed by atoms with Crippen LogP contribution >= 0.6 is 34.8 Å². The van der Waals surface area contributed by atoms with E-state index in [1.54, 1.807) is 61.7 Å². The lowest BCUT2D eigenvalue weighted by Crippen LogP contribution is -1.99. The molecule has 0 amide bonds. The number of nitrogens with zero attached hydrogens (tertiary/aromatic N) is 1. The Morgan fingerprint density at radius 1 is 0.966 bits per heavy atom. The van der Waals surface area contributed by atoms with E-state index in [-0.39, 0.29) is 0 Å². The summed E-state index contributed by atoms with van der Waals surface area (Å²) in [7, 11) is 1.54. The van der Waals surface area contributed by atoms with Gasteiger partial charge in [-0.15, -0.1) is 0 Å². The molecule has 3 nitrogen and oxygen atoms in total. The first-order valence-corrected chi connectivity index (χ1v) is 9.76. The van der Waals surface area contributed by atoms with Crippen LogP contribution in [-0.4, -0.2) is 7.11 Å². The zero-order valence-corrected chi connectivity index (χ0v) is 17.7. The molecule has 0 N–H and O–H groups in total. The Morgan fingerprint density at radius 3 is 2.17 bits per heavy atom. The summed E-state index contributed by atoms with van der Waals surface area (Å²) in [6.45, 7) is 0.316. The smallest absolute Gasteiger partial charge is 0.180 e. The first-order valence-electron chi connectivity index (χ1n) is 8.62. The number of methoxy groups -OCH3 is 1. The van der Waals surface area contributed by atoms with Crippen LogP contribution in [0.1, 0.15) is 16.7 Å². The van der Waals surface area contributed by atoms with Crippen molar-refractivity contribution >= 4 is 46.5 Å². The minimum atomic E-state index is 0.316. The molecule has 29 heavy (non-hydrogen) atoms. The highest BCUT2D eigenvalue weighted by Crippen LogP contribution is 2.38. The second kappa shape index (κ2) is 9.71. The zero-order valence-electron chi connectivity index (χ0n) is 15.5. The number of hydrogen-bond acceptors (Lipinski definition) is 3. The maximum absolute atomic E-state index is 9.54. The van der Waals surface area contributed by atoms with Gasteiger partial charge in [-0.25, -0.2) is 0 Å². The number of rotatable bonds is 6. The molecule has 3 aromatic carbocycles. The Hall–Kier alpha value is -2.64. The van der Waals surface area contributed by atoms with Crippen molar-refractivity contribution in [3.63, 3.8) is 0 Å². The Kier molecular flexibility index (Phi) is 7.06. The molecule has 0 saturated heterocycles. The summed E-state index contributed by atoms with van der Waals surface area (Å²) < 4.78 is 11.3. The van der Waals surface area contributed by atoms with E-state index >= 15 is 0 Å². The van der Waals surface area contributed by atoms with Crippen LogP contribution in [0.5, 0.6) is 11.5 Å². The number of allylic oxidation sites excluding steroid dienone is 1. The van der Waals surface area contributed by atoms with E-state index in [9.17, 15) is 5.26 Å². The second-order valence-corrected chi connectivity index (χ2v) is 7.41. The minimum Gasteiger partial charge on any atom is -0.493 e. The van der Waals surface area contributed by atoms with E-state index in [1.807, 2.05) is 12.1 Å². The van der Waals surface area contributed by atoms with Crippen molar-refractivity contribution in [1.82, 2.24) is 0 Å². The van der Waals surface area contributed by atoms with E-state index < -0.39 is 0 Å². The van der Waals surface area contributed by atoms with Gasteiger partial charge in [0.15, 0.2) is 11.5 Å². The van der Waals surface area contributed by atoms with Crippen molar-refractivity contribution in [3.05, 3.63) is 92.4 Å². The molecular formula is C23H16Cl3NO2. The zero-order chi connectivity index (χ0) is 20.8.